The average Bonchev–Trinajstić information content (AvgIpc) is 3.24. The Labute approximate surface area is 145 Å². The second-order valence-corrected chi connectivity index (χ2v) is 7.23. The van der Waals surface area contributed by atoms with E-state index in [2.05, 4.69) is 15.4 Å². The molecule has 2 unspecified atom stereocenters. The normalized spacial score (nSPS) is 25.2. The third-order valence-electron chi connectivity index (χ3n) is 5.74. The molecule has 25 heavy (non-hydrogen) atoms. The quantitative estimate of drug-likeness (QED) is 0.769. The van der Waals surface area contributed by atoms with Gasteiger partial charge in [0.05, 0.1) is 36.3 Å². The van der Waals surface area contributed by atoms with Crippen LogP contribution in [0.4, 0.5) is 0 Å². The van der Waals surface area contributed by atoms with Crippen LogP contribution in [0.5, 0.6) is 0 Å². The largest absolute Gasteiger partial charge is 0.368 e. The van der Waals surface area contributed by atoms with Crippen LogP contribution in [-0.2, 0) is 31.2 Å². The summed E-state index contributed by atoms with van der Waals surface area (Å²) in [6.45, 7) is 1.82. The van der Waals surface area contributed by atoms with Crippen LogP contribution >= 0.6 is 0 Å². The Bertz CT molecular complexity index is 825. The molecule has 0 bridgehead atoms. The maximum absolute atomic E-state index is 13.2. The minimum Gasteiger partial charge on any atom is -0.368 e. The Morgan fingerprint density at radius 3 is 3.12 bits per heavy atom. The van der Waals surface area contributed by atoms with E-state index < -0.39 is 0 Å². The number of aryl methyl sites for hydroxylation is 2. The van der Waals surface area contributed by atoms with Gasteiger partial charge < -0.3 is 9.64 Å². The van der Waals surface area contributed by atoms with E-state index in [1.54, 1.807) is 10.9 Å². The zero-order chi connectivity index (χ0) is 17.0. The minimum absolute atomic E-state index is 0.0176. The van der Waals surface area contributed by atoms with Gasteiger partial charge >= 0.3 is 0 Å². The summed E-state index contributed by atoms with van der Waals surface area (Å²) >= 11 is 0. The molecule has 4 heterocycles. The first-order valence-electron chi connectivity index (χ1n) is 9.07. The highest BCUT2D eigenvalue weighted by Gasteiger charge is 2.39. The molecular weight excluding hydrogens is 320 g/mol. The van der Waals surface area contributed by atoms with Crippen molar-refractivity contribution in [1.82, 2.24) is 29.7 Å². The first-order chi connectivity index (χ1) is 12.2. The van der Waals surface area contributed by atoms with Crippen molar-refractivity contribution in [3.05, 3.63) is 28.8 Å². The molecule has 0 saturated carbocycles. The summed E-state index contributed by atoms with van der Waals surface area (Å²) in [5.41, 5.74) is 4.05. The zero-order valence-electron chi connectivity index (χ0n) is 14.4. The number of likely N-dealkylation sites (tertiary alicyclic amines) is 1. The first kappa shape index (κ1) is 15.1. The lowest BCUT2D eigenvalue weighted by molar-refractivity contribution is -0.0629. The predicted molar refractivity (Wildman–Crippen MR) is 88.0 cm³/mol. The van der Waals surface area contributed by atoms with Crippen molar-refractivity contribution in [2.45, 2.75) is 50.9 Å². The fraction of sp³-hybridized carbons (Fsp3) is 0.647. The van der Waals surface area contributed by atoms with Gasteiger partial charge in [0.1, 0.15) is 5.69 Å². The van der Waals surface area contributed by atoms with E-state index >= 15 is 0 Å². The van der Waals surface area contributed by atoms with Crippen LogP contribution in [0.2, 0.25) is 0 Å². The van der Waals surface area contributed by atoms with Crippen LogP contribution in [0, 0.1) is 0 Å². The molecule has 0 N–H and O–H groups in total. The molecule has 8 heteroatoms. The molecule has 2 atom stereocenters. The van der Waals surface area contributed by atoms with E-state index in [9.17, 15) is 4.79 Å². The molecule has 3 aliphatic rings. The van der Waals surface area contributed by atoms with Crippen LogP contribution in [0.25, 0.3) is 0 Å². The topological polar surface area (TPSA) is 78.1 Å². The Balaban J connectivity index is 1.39. The van der Waals surface area contributed by atoms with E-state index in [0.717, 1.165) is 48.3 Å². The number of carbonyl (C=O) groups excluding carboxylic acids is 1. The third kappa shape index (κ3) is 2.31. The number of hydrogen-bond acceptors (Lipinski definition) is 5. The van der Waals surface area contributed by atoms with Crippen LogP contribution in [0.3, 0.4) is 0 Å². The van der Waals surface area contributed by atoms with Gasteiger partial charge in [0, 0.05) is 25.7 Å². The zero-order valence-corrected chi connectivity index (χ0v) is 14.4. The van der Waals surface area contributed by atoms with Crippen LogP contribution in [0.15, 0.2) is 6.20 Å². The van der Waals surface area contributed by atoms with Crippen LogP contribution in [0.1, 0.15) is 52.7 Å². The minimum atomic E-state index is -0.0176. The lowest BCUT2D eigenvalue weighted by atomic mass is 9.94. The van der Waals surface area contributed by atoms with E-state index in [-0.39, 0.29) is 18.1 Å². The molecule has 8 nitrogen and oxygen atoms in total. The van der Waals surface area contributed by atoms with Gasteiger partial charge in [0.25, 0.3) is 5.91 Å². The molecule has 0 radical (unpaired) electrons. The number of hydrogen-bond donors (Lipinski definition) is 0. The van der Waals surface area contributed by atoms with E-state index in [1.807, 2.05) is 16.6 Å². The molecule has 0 aromatic carbocycles. The first-order valence-corrected chi connectivity index (χ1v) is 9.07. The molecule has 1 amide bonds. The van der Waals surface area contributed by atoms with Crippen molar-refractivity contribution in [2.24, 2.45) is 7.05 Å². The number of ether oxygens (including phenoxy) is 1. The summed E-state index contributed by atoms with van der Waals surface area (Å²) in [7, 11) is 1.89. The second-order valence-electron chi connectivity index (χ2n) is 7.23. The highest BCUT2D eigenvalue weighted by atomic mass is 16.5. The Hall–Kier alpha value is -2.22. The standard InChI is InChI=1S/C17H22N6O2/c1-21-16(12-4-2-3-5-13(12)19-21)17(24)22-7-6-14-15(9-22)25-10-11-8-18-20-23(11)14/h8,14-15H,2-7,9-10H2,1H3. The van der Waals surface area contributed by atoms with E-state index in [4.69, 9.17) is 4.74 Å². The van der Waals surface area contributed by atoms with Gasteiger partial charge in [-0.05, 0) is 32.1 Å². The predicted octanol–water partition coefficient (Wildman–Crippen LogP) is 0.876. The maximum Gasteiger partial charge on any atom is 0.272 e. The van der Waals surface area contributed by atoms with E-state index in [0.29, 0.717) is 19.7 Å². The number of nitrogens with zero attached hydrogens (tertiary/aromatic N) is 6. The molecule has 1 aliphatic carbocycles. The molecule has 1 fully saturated rings. The summed E-state index contributed by atoms with van der Waals surface area (Å²) in [5, 5.41) is 12.8. The Morgan fingerprint density at radius 1 is 1.32 bits per heavy atom. The molecule has 132 valence electrons. The van der Waals surface area contributed by atoms with Crippen molar-refractivity contribution in [2.75, 3.05) is 13.1 Å². The van der Waals surface area contributed by atoms with Crippen molar-refractivity contribution >= 4 is 5.91 Å². The highest BCUT2D eigenvalue weighted by molar-refractivity contribution is 5.94. The van der Waals surface area contributed by atoms with Gasteiger partial charge in [-0.15, -0.1) is 5.10 Å². The molecule has 2 aromatic rings. The fourth-order valence-corrected chi connectivity index (χ4v) is 4.47. The molecule has 2 aliphatic heterocycles. The fourth-order valence-electron chi connectivity index (χ4n) is 4.47. The SMILES string of the molecule is Cn1nc2c(c1C(=O)N1CCC3C(C1)OCc1cnnn13)CCCC2. The van der Waals surface area contributed by atoms with Crippen molar-refractivity contribution in [3.63, 3.8) is 0 Å². The van der Waals surface area contributed by atoms with E-state index in [1.165, 1.54) is 6.42 Å². The second kappa shape index (κ2) is 5.66. The Morgan fingerprint density at radius 2 is 2.20 bits per heavy atom. The van der Waals surface area contributed by atoms with Crippen LogP contribution in [-0.4, -0.2) is 54.8 Å². The number of fused-ring (bicyclic) bond motifs is 4. The molecule has 1 saturated heterocycles. The van der Waals surface area contributed by atoms with Crippen molar-refractivity contribution < 1.29 is 9.53 Å². The lowest BCUT2D eigenvalue weighted by Gasteiger charge is -2.41. The van der Waals surface area contributed by atoms with Crippen molar-refractivity contribution in [1.29, 1.82) is 0 Å². The molecule has 5 rings (SSSR count). The smallest absolute Gasteiger partial charge is 0.272 e. The summed E-state index contributed by atoms with van der Waals surface area (Å²) in [4.78, 5) is 15.1. The number of rotatable bonds is 1. The number of aromatic nitrogens is 5. The van der Waals surface area contributed by atoms with Gasteiger partial charge in [-0.3, -0.25) is 9.48 Å². The maximum atomic E-state index is 13.2. The molecule has 2 aromatic heterocycles. The summed E-state index contributed by atoms with van der Waals surface area (Å²) in [6, 6.07) is 0.177. The lowest BCUT2D eigenvalue weighted by Crippen LogP contribution is -2.50. The van der Waals surface area contributed by atoms with Gasteiger partial charge in [-0.2, -0.15) is 5.10 Å². The monoisotopic (exact) mass is 342 g/mol. The van der Waals surface area contributed by atoms with Crippen LogP contribution < -0.4 is 0 Å². The summed E-state index contributed by atoms with van der Waals surface area (Å²) < 4.78 is 9.74. The van der Waals surface area contributed by atoms with Gasteiger partial charge in [-0.1, -0.05) is 5.21 Å². The number of carbonyl (C=O) groups is 1. The average molecular weight is 342 g/mol. The Kier molecular flexibility index (Phi) is 3.41. The highest BCUT2D eigenvalue weighted by Crippen LogP contribution is 2.32. The van der Waals surface area contributed by atoms with Crippen molar-refractivity contribution in [3.8, 4) is 0 Å². The number of amides is 1. The van der Waals surface area contributed by atoms with Gasteiger partial charge in [-0.25, -0.2) is 4.68 Å². The third-order valence-corrected chi connectivity index (χ3v) is 5.74. The summed E-state index contributed by atoms with van der Waals surface area (Å²) in [5.74, 6) is 0.0876. The van der Waals surface area contributed by atoms with Gasteiger partial charge in [0.2, 0.25) is 0 Å². The summed E-state index contributed by atoms with van der Waals surface area (Å²) in [6.07, 6.45) is 6.84. The molecular formula is C17H22N6O2. The number of piperidine rings is 1. The molecule has 0 spiro atoms. The van der Waals surface area contributed by atoms with Gasteiger partial charge in [0.15, 0.2) is 0 Å².